The van der Waals surface area contributed by atoms with E-state index in [-0.39, 0.29) is 11.9 Å². The van der Waals surface area contributed by atoms with Crippen molar-refractivity contribution >= 4 is 34.7 Å². The standard InChI is InChI=1S/C55H76N4O6/c1-3-5-7-9-11-16-20-24-44-62-50-36-28-46(29-37-50)56-58-48-32-40-52(41-33-48)64-54(60)26-22-18-14-13-15-19-23-27-55(61)65-53-42-34-49(35-43-53)59-57-47-30-38-51(39-31-47)63-45-25-21-17-12-10-8-6-4-2/h28-43H,3-27,44-45H2,1-2H3. The molecule has 10 heteroatoms. The van der Waals surface area contributed by atoms with Crippen LogP contribution in [0.1, 0.15) is 174 Å². The average molecular weight is 889 g/mol. The Morgan fingerprint density at radius 3 is 0.862 bits per heavy atom. The molecule has 0 aromatic heterocycles. The monoisotopic (exact) mass is 889 g/mol. The van der Waals surface area contributed by atoms with Crippen molar-refractivity contribution in [3.05, 3.63) is 97.1 Å². The van der Waals surface area contributed by atoms with Gasteiger partial charge in [-0.3, -0.25) is 9.59 Å². The lowest BCUT2D eigenvalue weighted by atomic mass is 10.1. The van der Waals surface area contributed by atoms with E-state index in [9.17, 15) is 9.59 Å². The molecule has 0 aliphatic heterocycles. The summed E-state index contributed by atoms with van der Waals surface area (Å²) < 4.78 is 22.8. The molecule has 0 spiro atoms. The van der Waals surface area contributed by atoms with Gasteiger partial charge in [-0.15, -0.1) is 0 Å². The number of nitrogens with zero attached hydrogens (tertiary/aromatic N) is 4. The van der Waals surface area contributed by atoms with Gasteiger partial charge in [0, 0.05) is 12.8 Å². The third-order valence-corrected chi connectivity index (χ3v) is 11.2. The number of hydrogen-bond donors (Lipinski definition) is 0. The number of rotatable bonds is 36. The van der Waals surface area contributed by atoms with Crippen LogP contribution in [0.5, 0.6) is 23.0 Å². The highest BCUT2D eigenvalue weighted by molar-refractivity contribution is 5.73. The maximum absolute atomic E-state index is 12.4. The lowest BCUT2D eigenvalue weighted by Crippen LogP contribution is -2.07. The summed E-state index contributed by atoms with van der Waals surface area (Å²) in [6.45, 7) is 5.97. The third kappa shape index (κ3) is 25.0. The van der Waals surface area contributed by atoms with Crippen molar-refractivity contribution in [2.75, 3.05) is 13.2 Å². The summed E-state index contributed by atoms with van der Waals surface area (Å²) in [4.78, 5) is 24.8. The molecule has 0 aliphatic carbocycles. The van der Waals surface area contributed by atoms with Crippen LogP contribution < -0.4 is 18.9 Å². The Labute approximate surface area is 390 Å². The van der Waals surface area contributed by atoms with Gasteiger partial charge in [0.05, 0.1) is 36.0 Å². The minimum absolute atomic E-state index is 0.238. The van der Waals surface area contributed by atoms with E-state index in [2.05, 4.69) is 34.3 Å². The van der Waals surface area contributed by atoms with Crippen molar-refractivity contribution in [1.82, 2.24) is 0 Å². The summed E-state index contributed by atoms with van der Waals surface area (Å²) >= 11 is 0. The van der Waals surface area contributed by atoms with Crippen LogP contribution in [0.3, 0.4) is 0 Å². The quantitative estimate of drug-likeness (QED) is 0.0194. The SMILES string of the molecule is CCCCCCCCCCOc1ccc(N=Nc2ccc(OC(=O)CCCCCCCCCC(=O)Oc3ccc(N=Nc4ccc(OCCCCCCCCCC)cc4)cc3)cc2)cc1. The highest BCUT2D eigenvalue weighted by Crippen LogP contribution is 2.26. The van der Waals surface area contributed by atoms with E-state index in [1.54, 1.807) is 48.5 Å². The molecule has 0 amide bonds. The second-order valence-electron chi connectivity index (χ2n) is 16.9. The summed E-state index contributed by atoms with van der Waals surface area (Å²) in [6, 6.07) is 29.4. The Hall–Kier alpha value is -5.38. The number of benzene rings is 4. The number of unbranched alkanes of at least 4 members (excludes halogenated alkanes) is 20. The van der Waals surface area contributed by atoms with Crippen molar-refractivity contribution in [2.45, 2.75) is 174 Å². The Bertz CT molecular complexity index is 1760. The van der Waals surface area contributed by atoms with Crippen molar-refractivity contribution in [1.29, 1.82) is 0 Å². The zero-order valence-electron chi connectivity index (χ0n) is 39.6. The maximum atomic E-state index is 12.4. The summed E-state index contributed by atoms with van der Waals surface area (Å²) in [5.41, 5.74) is 2.84. The maximum Gasteiger partial charge on any atom is 0.311 e. The molecule has 0 atom stereocenters. The van der Waals surface area contributed by atoms with Gasteiger partial charge in [-0.1, -0.05) is 136 Å². The van der Waals surface area contributed by atoms with Crippen LogP contribution in [-0.4, -0.2) is 25.2 Å². The van der Waals surface area contributed by atoms with Crippen LogP contribution in [-0.2, 0) is 9.59 Å². The number of azo groups is 2. The minimum Gasteiger partial charge on any atom is -0.494 e. The van der Waals surface area contributed by atoms with E-state index in [0.29, 0.717) is 35.7 Å². The van der Waals surface area contributed by atoms with Crippen LogP contribution in [0.4, 0.5) is 22.7 Å². The molecular weight excluding hydrogens is 813 g/mol. The van der Waals surface area contributed by atoms with Gasteiger partial charge < -0.3 is 18.9 Å². The molecule has 0 unspecified atom stereocenters. The van der Waals surface area contributed by atoms with E-state index in [0.717, 1.165) is 93.9 Å². The van der Waals surface area contributed by atoms with E-state index in [1.807, 2.05) is 48.5 Å². The van der Waals surface area contributed by atoms with Crippen LogP contribution in [0.25, 0.3) is 0 Å². The van der Waals surface area contributed by atoms with E-state index < -0.39 is 0 Å². The van der Waals surface area contributed by atoms with Gasteiger partial charge in [-0.2, -0.15) is 20.5 Å². The first kappa shape index (κ1) is 52.2. The summed E-state index contributed by atoms with van der Waals surface area (Å²) in [5.74, 6) is 2.21. The number of hydrogen-bond acceptors (Lipinski definition) is 10. The van der Waals surface area contributed by atoms with Crippen LogP contribution >= 0.6 is 0 Å². The molecule has 0 bridgehead atoms. The zero-order chi connectivity index (χ0) is 45.8. The summed E-state index contributed by atoms with van der Waals surface area (Å²) in [6.07, 6.45) is 27.8. The smallest absolute Gasteiger partial charge is 0.311 e. The van der Waals surface area contributed by atoms with Crippen LogP contribution in [0.15, 0.2) is 118 Å². The molecule has 0 aliphatic rings. The normalized spacial score (nSPS) is 11.4. The fourth-order valence-corrected chi connectivity index (χ4v) is 7.25. The van der Waals surface area contributed by atoms with Gasteiger partial charge in [0.15, 0.2) is 0 Å². The predicted molar refractivity (Wildman–Crippen MR) is 263 cm³/mol. The zero-order valence-corrected chi connectivity index (χ0v) is 39.6. The molecule has 0 saturated heterocycles. The van der Waals surface area contributed by atoms with Crippen molar-refractivity contribution in [2.24, 2.45) is 20.5 Å². The molecule has 4 aromatic rings. The van der Waals surface area contributed by atoms with E-state index >= 15 is 0 Å². The molecular formula is C55H76N4O6. The fourth-order valence-electron chi connectivity index (χ4n) is 7.25. The minimum atomic E-state index is -0.238. The van der Waals surface area contributed by atoms with Gasteiger partial charge in [0.1, 0.15) is 23.0 Å². The Kier molecular flexibility index (Phi) is 27.4. The van der Waals surface area contributed by atoms with Crippen LogP contribution in [0, 0.1) is 0 Å². The molecule has 4 aromatic carbocycles. The predicted octanol–water partition coefficient (Wildman–Crippen LogP) is 17.6. The van der Waals surface area contributed by atoms with Gasteiger partial charge >= 0.3 is 11.9 Å². The fraction of sp³-hybridized carbons (Fsp3) is 0.527. The first-order valence-corrected chi connectivity index (χ1v) is 24.9. The third-order valence-electron chi connectivity index (χ3n) is 11.2. The van der Waals surface area contributed by atoms with Crippen molar-refractivity contribution in [3.8, 4) is 23.0 Å². The number of ether oxygens (including phenoxy) is 4. The van der Waals surface area contributed by atoms with Gasteiger partial charge in [-0.25, -0.2) is 0 Å². The number of esters is 2. The molecule has 0 radical (unpaired) electrons. The second-order valence-corrected chi connectivity index (χ2v) is 16.9. The van der Waals surface area contributed by atoms with Gasteiger partial charge in [-0.05, 0) is 123 Å². The highest BCUT2D eigenvalue weighted by Gasteiger charge is 2.07. The van der Waals surface area contributed by atoms with Gasteiger partial charge in [0.25, 0.3) is 0 Å². The Morgan fingerprint density at radius 1 is 0.323 bits per heavy atom. The van der Waals surface area contributed by atoms with E-state index in [4.69, 9.17) is 18.9 Å². The molecule has 0 N–H and O–H groups in total. The number of carbonyl (C=O) groups is 2. The van der Waals surface area contributed by atoms with Crippen LogP contribution in [0.2, 0.25) is 0 Å². The molecule has 10 nitrogen and oxygen atoms in total. The molecule has 352 valence electrons. The second kappa shape index (κ2) is 34.0. The molecule has 65 heavy (non-hydrogen) atoms. The lowest BCUT2D eigenvalue weighted by molar-refractivity contribution is -0.135. The van der Waals surface area contributed by atoms with Crippen molar-refractivity contribution < 1.29 is 28.5 Å². The average Bonchev–Trinajstić information content (AvgIpc) is 3.32. The Morgan fingerprint density at radius 2 is 0.569 bits per heavy atom. The summed E-state index contributed by atoms with van der Waals surface area (Å²) in [5, 5.41) is 17.3. The molecule has 0 heterocycles. The number of carbonyl (C=O) groups excluding carboxylic acids is 2. The first-order chi connectivity index (χ1) is 32.0. The molecule has 4 rings (SSSR count). The largest absolute Gasteiger partial charge is 0.494 e. The van der Waals surface area contributed by atoms with Gasteiger partial charge in [0.2, 0.25) is 0 Å². The highest BCUT2D eigenvalue weighted by atomic mass is 16.5. The van der Waals surface area contributed by atoms with E-state index in [1.165, 1.54) is 89.9 Å². The van der Waals surface area contributed by atoms with Crippen molar-refractivity contribution in [3.63, 3.8) is 0 Å². The Balaban J connectivity index is 0.966. The molecule has 0 fully saturated rings. The molecule has 0 saturated carbocycles. The summed E-state index contributed by atoms with van der Waals surface area (Å²) in [7, 11) is 0. The topological polar surface area (TPSA) is 121 Å². The lowest BCUT2D eigenvalue weighted by Gasteiger charge is -2.06. The first-order valence-electron chi connectivity index (χ1n) is 24.9.